The van der Waals surface area contributed by atoms with Gasteiger partial charge in [-0.05, 0) is 47.1 Å². The predicted molar refractivity (Wildman–Crippen MR) is 78.3 cm³/mol. The first kappa shape index (κ1) is 14.8. The third-order valence-electron chi connectivity index (χ3n) is 3.48. The number of thiol groups is 1. The molecule has 102 valence electrons. The van der Waals surface area contributed by atoms with Crippen molar-refractivity contribution in [3.63, 3.8) is 0 Å². The maximum atomic E-state index is 12.1. The van der Waals surface area contributed by atoms with Crippen LogP contribution in [0.4, 0.5) is 4.79 Å². The molecular weight excluding hydrogens is 232 g/mol. The van der Waals surface area contributed by atoms with Crippen molar-refractivity contribution < 1.29 is 4.79 Å². The highest BCUT2D eigenvalue weighted by molar-refractivity contribution is 8.28. The molecule has 3 nitrogen and oxygen atoms in total. The first-order chi connectivity index (χ1) is 7.64. The van der Waals surface area contributed by atoms with E-state index in [0.717, 1.165) is 13.1 Å². The molecule has 0 aromatic heterocycles. The summed E-state index contributed by atoms with van der Waals surface area (Å²) in [5.74, 6) is 0. The number of piperazine rings is 1. The number of amides is 1. The SMILES string of the molecule is C[C@@H]1CN(C(C)(C)C)[C@H](C)CN1C(=O)[SH](C)C. The van der Waals surface area contributed by atoms with Crippen LogP contribution >= 0.6 is 10.9 Å². The maximum Gasteiger partial charge on any atom is 0.261 e. The lowest BCUT2D eigenvalue weighted by Crippen LogP contribution is -2.62. The van der Waals surface area contributed by atoms with Crippen LogP contribution in [0.2, 0.25) is 0 Å². The molecule has 0 spiro atoms. The van der Waals surface area contributed by atoms with E-state index in [4.69, 9.17) is 0 Å². The Kier molecular flexibility index (Phi) is 4.53. The second kappa shape index (κ2) is 5.19. The summed E-state index contributed by atoms with van der Waals surface area (Å²) < 4.78 is 0. The molecule has 1 rings (SSSR count). The Hall–Kier alpha value is -0.220. The van der Waals surface area contributed by atoms with Gasteiger partial charge in [-0.15, -0.1) is 0 Å². The van der Waals surface area contributed by atoms with E-state index in [2.05, 4.69) is 44.4 Å². The quantitative estimate of drug-likeness (QED) is 0.677. The second-order valence-corrected chi connectivity index (χ2v) is 8.52. The minimum absolute atomic E-state index is 0.186. The van der Waals surface area contributed by atoms with Gasteiger partial charge in [-0.2, -0.15) is 10.9 Å². The molecule has 1 amide bonds. The molecule has 1 saturated heterocycles. The van der Waals surface area contributed by atoms with Gasteiger partial charge in [0.05, 0.1) is 0 Å². The Morgan fingerprint density at radius 2 is 1.65 bits per heavy atom. The van der Waals surface area contributed by atoms with E-state index in [0.29, 0.717) is 17.3 Å². The molecule has 0 saturated carbocycles. The van der Waals surface area contributed by atoms with Gasteiger partial charge in [0.15, 0.2) is 0 Å². The monoisotopic (exact) mass is 260 g/mol. The number of hydrogen-bond acceptors (Lipinski definition) is 2. The summed E-state index contributed by atoms with van der Waals surface area (Å²) in [7, 11) is -0.504. The molecule has 2 atom stereocenters. The van der Waals surface area contributed by atoms with Crippen LogP contribution in [0.1, 0.15) is 34.6 Å². The van der Waals surface area contributed by atoms with E-state index in [1.807, 2.05) is 12.5 Å². The van der Waals surface area contributed by atoms with Crippen LogP contribution < -0.4 is 0 Å². The smallest absolute Gasteiger partial charge is 0.261 e. The molecule has 0 unspecified atom stereocenters. The topological polar surface area (TPSA) is 23.6 Å². The summed E-state index contributed by atoms with van der Waals surface area (Å²) in [5, 5.41) is 0.355. The van der Waals surface area contributed by atoms with Crippen molar-refractivity contribution in [1.29, 1.82) is 0 Å². The van der Waals surface area contributed by atoms with Gasteiger partial charge in [0.1, 0.15) is 0 Å². The Labute approximate surface area is 109 Å². The van der Waals surface area contributed by atoms with Crippen LogP contribution in [0.15, 0.2) is 0 Å². The zero-order chi connectivity index (χ0) is 13.4. The Balaban J connectivity index is 2.77. The molecule has 1 fully saturated rings. The van der Waals surface area contributed by atoms with Gasteiger partial charge < -0.3 is 4.90 Å². The average Bonchev–Trinajstić information content (AvgIpc) is 2.18. The molecule has 0 aliphatic carbocycles. The average molecular weight is 260 g/mol. The van der Waals surface area contributed by atoms with Crippen LogP contribution in [0.3, 0.4) is 0 Å². The summed E-state index contributed by atoms with van der Waals surface area (Å²) in [6, 6.07) is 0.785. The zero-order valence-corrected chi connectivity index (χ0v) is 13.2. The summed E-state index contributed by atoms with van der Waals surface area (Å²) in [4.78, 5) is 16.7. The van der Waals surface area contributed by atoms with E-state index < -0.39 is 10.9 Å². The lowest BCUT2D eigenvalue weighted by Gasteiger charge is -2.50. The molecule has 1 aliphatic rings. The molecule has 1 aliphatic heterocycles. The third kappa shape index (κ3) is 3.38. The van der Waals surface area contributed by atoms with Crippen LogP contribution in [0, 0.1) is 0 Å². The molecule has 17 heavy (non-hydrogen) atoms. The fraction of sp³-hybridized carbons (Fsp3) is 0.923. The van der Waals surface area contributed by atoms with Crippen molar-refractivity contribution >= 4 is 16.1 Å². The maximum absolute atomic E-state index is 12.1. The van der Waals surface area contributed by atoms with E-state index in [-0.39, 0.29) is 5.54 Å². The highest BCUT2D eigenvalue weighted by Gasteiger charge is 2.36. The molecule has 1 heterocycles. The summed E-state index contributed by atoms with van der Waals surface area (Å²) in [6.07, 6.45) is 4.09. The van der Waals surface area contributed by atoms with Crippen molar-refractivity contribution in [2.75, 3.05) is 25.6 Å². The second-order valence-electron chi connectivity index (χ2n) is 6.35. The molecule has 4 heteroatoms. The van der Waals surface area contributed by atoms with Crippen LogP contribution in [-0.2, 0) is 0 Å². The van der Waals surface area contributed by atoms with Crippen LogP contribution in [0.25, 0.3) is 0 Å². The van der Waals surface area contributed by atoms with Crippen molar-refractivity contribution in [1.82, 2.24) is 9.80 Å². The summed E-state index contributed by atoms with van der Waals surface area (Å²) >= 11 is 0. The number of nitrogens with zero attached hydrogens (tertiary/aromatic N) is 2. The zero-order valence-electron chi connectivity index (χ0n) is 12.3. The van der Waals surface area contributed by atoms with Crippen molar-refractivity contribution in [2.24, 2.45) is 0 Å². The van der Waals surface area contributed by atoms with E-state index in [9.17, 15) is 4.79 Å². The van der Waals surface area contributed by atoms with Gasteiger partial charge >= 0.3 is 0 Å². The number of hydrogen-bond donors (Lipinski definition) is 1. The molecule has 0 aromatic carbocycles. The number of carbonyl (C=O) groups excluding carboxylic acids is 1. The summed E-state index contributed by atoms with van der Waals surface area (Å²) in [5.41, 5.74) is 0.186. The Morgan fingerprint density at radius 3 is 2.06 bits per heavy atom. The summed E-state index contributed by atoms with van der Waals surface area (Å²) in [6.45, 7) is 13.0. The lowest BCUT2D eigenvalue weighted by atomic mass is 9.99. The first-order valence-corrected chi connectivity index (χ1v) is 8.63. The highest BCUT2D eigenvalue weighted by Crippen LogP contribution is 2.28. The van der Waals surface area contributed by atoms with Crippen LogP contribution in [-0.4, -0.2) is 58.3 Å². The molecular formula is C13H28N2OS. The van der Waals surface area contributed by atoms with Crippen molar-refractivity contribution in [3.8, 4) is 0 Å². The predicted octanol–water partition coefficient (Wildman–Crippen LogP) is 2.56. The first-order valence-electron chi connectivity index (χ1n) is 6.39. The van der Waals surface area contributed by atoms with Gasteiger partial charge in [-0.3, -0.25) is 9.69 Å². The number of carbonyl (C=O) groups is 1. The largest absolute Gasteiger partial charge is 0.330 e. The van der Waals surface area contributed by atoms with E-state index >= 15 is 0 Å². The van der Waals surface area contributed by atoms with E-state index in [1.165, 1.54) is 0 Å². The van der Waals surface area contributed by atoms with Crippen molar-refractivity contribution in [3.05, 3.63) is 0 Å². The lowest BCUT2D eigenvalue weighted by molar-refractivity contribution is 0.00987. The highest BCUT2D eigenvalue weighted by atomic mass is 32.2. The van der Waals surface area contributed by atoms with Gasteiger partial charge in [0.2, 0.25) is 0 Å². The third-order valence-corrected chi connectivity index (χ3v) is 4.50. The van der Waals surface area contributed by atoms with E-state index in [1.54, 1.807) is 0 Å². The van der Waals surface area contributed by atoms with Gasteiger partial charge in [0, 0.05) is 30.7 Å². The molecule has 0 bridgehead atoms. The molecule has 0 N–H and O–H groups in total. The fourth-order valence-corrected chi connectivity index (χ4v) is 3.38. The molecule has 0 radical (unpaired) electrons. The van der Waals surface area contributed by atoms with Crippen LogP contribution in [0.5, 0.6) is 0 Å². The minimum atomic E-state index is -0.504. The fourth-order valence-electron chi connectivity index (χ4n) is 2.58. The standard InChI is InChI=1S/C13H28N2OS/c1-10-9-15(13(3,4)5)11(2)8-14(10)12(16)17(6)7/h10-11,17H,8-9H2,1-7H3/t10-,11-/m1/s1. The van der Waals surface area contributed by atoms with Gasteiger partial charge in [0.25, 0.3) is 5.24 Å². The van der Waals surface area contributed by atoms with Crippen molar-refractivity contribution in [2.45, 2.75) is 52.2 Å². The van der Waals surface area contributed by atoms with Gasteiger partial charge in [-0.25, -0.2) is 0 Å². The Morgan fingerprint density at radius 1 is 1.12 bits per heavy atom. The normalized spacial score (nSPS) is 28.2. The minimum Gasteiger partial charge on any atom is -0.330 e. The molecule has 0 aromatic rings. The Bertz CT molecular complexity index is 286. The van der Waals surface area contributed by atoms with Gasteiger partial charge in [-0.1, -0.05) is 0 Å². The number of rotatable bonds is 0.